The number of halogens is 1. The number of carbonyl (C=O) groups is 1. The Labute approximate surface area is 94.4 Å². The number of hydrogen-bond donors (Lipinski definition) is 0. The van der Waals surface area contributed by atoms with E-state index in [-0.39, 0.29) is 0 Å². The molecule has 1 aromatic heterocycles. The molecule has 0 N–H and O–H groups in total. The highest BCUT2D eigenvalue weighted by Crippen LogP contribution is 2.25. The molecule has 0 aliphatic carbocycles. The normalized spacial score (nSPS) is 12.3. The quantitative estimate of drug-likeness (QED) is 0.745. The summed E-state index contributed by atoms with van der Waals surface area (Å²) in [5, 5.41) is 0.521. The fourth-order valence-corrected chi connectivity index (χ4v) is 1.59. The Balaban J connectivity index is 3.03. The Kier molecular flexibility index (Phi) is 4.09. The lowest BCUT2D eigenvalue weighted by Crippen LogP contribution is -2.04. The molecule has 1 aromatic rings. The van der Waals surface area contributed by atoms with Crippen molar-refractivity contribution >= 4 is 17.6 Å². The van der Waals surface area contributed by atoms with Gasteiger partial charge in [0, 0.05) is 6.20 Å². The number of pyridine rings is 1. The molecule has 1 heterocycles. The van der Waals surface area contributed by atoms with Crippen LogP contribution in [0.3, 0.4) is 0 Å². The van der Waals surface area contributed by atoms with E-state index in [4.69, 9.17) is 11.6 Å². The first kappa shape index (κ1) is 12.0. The monoisotopic (exact) mass is 227 g/mol. The third-order valence-electron chi connectivity index (χ3n) is 2.37. The van der Waals surface area contributed by atoms with Crippen LogP contribution in [0.25, 0.3) is 0 Å². The number of methoxy groups -OCH3 is 1. The molecule has 0 aromatic carbocycles. The van der Waals surface area contributed by atoms with Crippen LogP contribution in [0.4, 0.5) is 0 Å². The van der Waals surface area contributed by atoms with Crippen molar-refractivity contribution in [3.05, 3.63) is 28.5 Å². The second kappa shape index (κ2) is 5.12. The lowest BCUT2D eigenvalue weighted by molar-refractivity contribution is 0.0600. The molecule has 0 aliphatic rings. The van der Waals surface area contributed by atoms with Gasteiger partial charge in [-0.05, 0) is 18.4 Å². The van der Waals surface area contributed by atoms with Gasteiger partial charge in [-0.25, -0.2) is 4.79 Å². The van der Waals surface area contributed by atoms with Crippen molar-refractivity contribution < 1.29 is 9.53 Å². The number of aromatic nitrogens is 1. The van der Waals surface area contributed by atoms with Crippen LogP contribution in [0.15, 0.2) is 12.3 Å². The maximum Gasteiger partial charge on any atom is 0.339 e. The molecule has 0 saturated carbocycles. The maximum atomic E-state index is 11.2. The third kappa shape index (κ3) is 2.69. The summed E-state index contributed by atoms with van der Waals surface area (Å²) in [5.41, 5.74) is 1.21. The average molecular weight is 228 g/mol. The summed E-state index contributed by atoms with van der Waals surface area (Å²) in [4.78, 5) is 15.4. The number of rotatable bonds is 3. The van der Waals surface area contributed by atoms with E-state index in [1.165, 1.54) is 13.3 Å². The molecule has 0 bridgehead atoms. The minimum atomic E-state index is -0.417. The van der Waals surface area contributed by atoms with E-state index in [2.05, 4.69) is 16.6 Å². The number of nitrogens with zero attached hydrogens (tertiary/aromatic N) is 1. The highest BCUT2D eigenvalue weighted by atomic mass is 35.5. The molecule has 82 valence electrons. The maximum absolute atomic E-state index is 11.2. The van der Waals surface area contributed by atoms with E-state index >= 15 is 0 Å². The van der Waals surface area contributed by atoms with Gasteiger partial charge in [0.25, 0.3) is 0 Å². The van der Waals surface area contributed by atoms with Gasteiger partial charge < -0.3 is 4.74 Å². The Morgan fingerprint density at radius 1 is 1.67 bits per heavy atom. The average Bonchev–Trinajstić information content (AvgIpc) is 2.26. The first-order valence-corrected chi connectivity index (χ1v) is 5.21. The highest BCUT2D eigenvalue weighted by Gasteiger charge is 2.13. The van der Waals surface area contributed by atoms with E-state index in [9.17, 15) is 4.79 Å². The van der Waals surface area contributed by atoms with Crippen LogP contribution in [-0.4, -0.2) is 18.1 Å². The van der Waals surface area contributed by atoms with Gasteiger partial charge in [-0.2, -0.15) is 0 Å². The van der Waals surface area contributed by atoms with Crippen molar-refractivity contribution in [2.24, 2.45) is 0 Å². The summed E-state index contributed by atoms with van der Waals surface area (Å²) in [6, 6.07) is 1.60. The van der Waals surface area contributed by atoms with E-state index in [0.29, 0.717) is 16.5 Å². The third-order valence-corrected chi connectivity index (χ3v) is 2.67. The van der Waals surface area contributed by atoms with Crippen molar-refractivity contribution in [3.8, 4) is 0 Å². The van der Waals surface area contributed by atoms with Gasteiger partial charge in [-0.15, -0.1) is 0 Å². The smallest absolute Gasteiger partial charge is 0.339 e. The first-order valence-electron chi connectivity index (χ1n) is 4.83. The van der Waals surface area contributed by atoms with Gasteiger partial charge in [0.1, 0.15) is 0 Å². The zero-order valence-electron chi connectivity index (χ0n) is 9.08. The lowest BCUT2D eigenvalue weighted by Gasteiger charge is -2.10. The molecule has 1 unspecified atom stereocenters. The van der Waals surface area contributed by atoms with Gasteiger partial charge in [-0.1, -0.05) is 25.4 Å². The molecular formula is C11H14ClNO2. The molecule has 3 nitrogen and oxygen atoms in total. The Morgan fingerprint density at radius 2 is 2.33 bits per heavy atom. The molecule has 0 saturated heterocycles. The van der Waals surface area contributed by atoms with E-state index in [0.717, 1.165) is 12.1 Å². The largest absolute Gasteiger partial charge is 0.465 e. The van der Waals surface area contributed by atoms with Gasteiger partial charge in [0.15, 0.2) is 0 Å². The fraction of sp³-hybridized carbons (Fsp3) is 0.455. The Morgan fingerprint density at radius 3 is 2.80 bits per heavy atom. The van der Waals surface area contributed by atoms with Gasteiger partial charge in [0.05, 0.1) is 23.4 Å². The Hall–Kier alpha value is -1.09. The molecule has 0 aliphatic heterocycles. The highest BCUT2D eigenvalue weighted by molar-refractivity contribution is 6.31. The van der Waals surface area contributed by atoms with E-state index < -0.39 is 5.97 Å². The predicted molar refractivity (Wildman–Crippen MR) is 59.3 cm³/mol. The minimum absolute atomic E-state index is 0.296. The second-order valence-corrected chi connectivity index (χ2v) is 3.80. The Bertz CT molecular complexity index is 366. The van der Waals surface area contributed by atoms with Crippen LogP contribution in [0.2, 0.25) is 5.02 Å². The molecule has 0 radical (unpaired) electrons. The van der Waals surface area contributed by atoms with Crippen LogP contribution in [0, 0.1) is 0 Å². The second-order valence-electron chi connectivity index (χ2n) is 3.39. The van der Waals surface area contributed by atoms with E-state index in [1.54, 1.807) is 6.07 Å². The van der Waals surface area contributed by atoms with Crippen LogP contribution in [-0.2, 0) is 4.74 Å². The van der Waals surface area contributed by atoms with Crippen LogP contribution in [0.1, 0.15) is 42.2 Å². The predicted octanol–water partition coefficient (Wildman–Crippen LogP) is 3.04. The van der Waals surface area contributed by atoms with Crippen molar-refractivity contribution in [1.29, 1.82) is 0 Å². The van der Waals surface area contributed by atoms with Crippen LogP contribution < -0.4 is 0 Å². The molecular weight excluding hydrogens is 214 g/mol. The minimum Gasteiger partial charge on any atom is -0.465 e. The van der Waals surface area contributed by atoms with Crippen molar-refractivity contribution in [3.63, 3.8) is 0 Å². The number of ether oxygens (including phenoxy) is 1. The zero-order valence-corrected chi connectivity index (χ0v) is 9.84. The number of esters is 1. The first-order chi connectivity index (χ1) is 7.10. The number of hydrogen-bond acceptors (Lipinski definition) is 3. The summed E-state index contributed by atoms with van der Waals surface area (Å²) in [6.07, 6.45) is 2.46. The lowest BCUT2D eigenvalue weighted by atomic mass is 10.0. The zero-order chi connectivity index (χ0) is 11.4. The SMILES string of the molecule is CCC(C)c1ncc(C(=O)OC)cc1Cl. The molecule has 4 heteroatoms. The van der Waals surface area contributed by atoms with Gasteiger partial charge >= 0.3 is 5.97 Å². The fourth-order valence-electron chi connectivity index (χ4n) is 1.23. The molecule has 0 amide bonds. The molecule has 0 fully saturated rings. The van der Waals surface area contributed by atoms with E-state index in [1.807, 2.05) is 6.92 Å². The summed E-state index contributed by atoms with van der Waals surface area (Å²) < 4.78 is 4.58. The molecule has 1 rings (SSSR count). The summed E-state index contributed by atoms with van der Waals surface area (Å²) >= 11 is 6.03. The summed E-state index contributed by atoms with van der Waals surface area (Å²) in [5.74, 6) is -0.121. The van der Waals surface area contributed by atoms with Gasteiger partial charge in [-0.3, -0.25) is 4.98 Å². The van der Waals surface area contributed by atoms with Crippen molar-refractivity contribution in [2.45, 2.75) is 26.2 Å². The van der Waals surface area contributed by atoms with Crippen LogP contribution >= 0.6 is 11.6 Å². The van der Waals surface area contributed by atoms with Crippen molar-refractivity contribution in [2.75, 3.05) is 7.11 Å². The van der Waals surface area contributed by atoms with Crippen molar-refractivity contribution in [1.82, 2.24) is 4.98 Å². The molecule has 1 atom stereocenters. The summed E-state index contributed by atoms with van der Waals surface area (Å²) in [6.45, 7) is 4.11. The topological polar surface area (TPSA) is 39.2 Å². The molecule has 15 heavy (non-hydrogen) atoms. The van der Waals surface area contributed by atoms with Crippen LogP contribution in [0.5, 0.6) is 0 Å². The molecule has 0 spiro atoms. The standard InChI is InChI=1S/C11H14ClNO2/c1-4-7(2)10-9(12)5-8(6-13-10)11(14)15-3/h5-7H,4H2,1-3H3. The number of carbonyl (C=O) groups excluding carboxylic acids is 1. The van der Waals surface area contributed by atoms with Gasteiger partial charge in [0.2, 0.25) is 0 Å². The summed E-state index contributed by atoms with van der Waals surface area (Å²) in [7, 11) is 1.33.